The van der Waals surface area contributed by atoms with Crippen molar-refractivity contribution in [3.63, 3.8) is 0 Å². The zero-order valence-electron chi connectivity index (χ0n) is 15.8. The minimum Gasteiger partial charge on any atom is -0.465 e. The summed E-state index contributed by atoms with van der Waals surface area (Å²) in [6.45, 7) is 0.143. The van der Waals surface area contributed by atoms with E-state index in [2.05, 4.69) is 20.1 Å². The van der Waals surface area contributed by atoms with E-state index in [9.17, 15) is 23.6 Å². The molecule has 0 spiro atoms. The van der Waals surface area contributed by atoms with Crippen molar-refractivity contribution in [2.24, 2.45) is 0 Å². The number of halogens is 1. The number of ether oxygens (including phenoxy) is 2. The second kappa shape index (κ2) is 9.98. The molecule has 0 saturated carbocycles. The van der Waals surface area contributed by atoms with Crippen molar-refractivity contribution in [3.8, 4) is 0 Å². The van der Waals surface area contributed by atoms with Crippen LogP contribution in [0.4, 0.5) is 10.1 Å². The summed E-state index contributed by atoms with van der Waals surface area (Å²) in [6.07, 6.45) is 0.393. The van der Waals surface area contributed by atoms with Crippen LogP contribution in [-0.4, -0.2) is 44.5 Å². The van der Waals surface area contributed by atoms with Crippen molar-refractivity contribution < 1.29 is 33.0 Å². The van der Waals surface area contributed by atoms with Gasteiger partial charge in [-0.1, -0.05) is 12.1 Å². The summed E-state index contributed by atoms with van der Waals surface area (Å²) < 4.78 is 22.1. The molecule has 2 N–H and O–H groups in total. The van der Waals surface area contributed by atoms with Crippen LogP contribution in [0.15, 0.2) is 42.5 Å². The molecule has 2 amide bonds. The van der Waals surface area contributed by atoms with Crippen molar-refractivity contribution in [2.45, 2.75) is 6.42 Å². The molecule has 2 aromatic rings. The van der Waals surface area contributed by atoms with Crippen molar-refractivity contribution >= 4 is 29.4 Å². The van der Waals surface area contributed by atoms with Crippen LogP contribution in [0.5, 0.6) is 0 Å². The van der Waals surface area contributed by atoms with Gasteiger partial charge in [-0.2, -0.15) is 0 Å². The van der Waals surface area contributed by atoms with E-state index in [1.165, 1.54) is 37.4 Å². The predicted molar refractivity (Wildman–Crippen MR) is 101 cm³/mol. The topological polar surface area (TPSA) is 111 Å². The van der Waals surface area contributed by atoms with Crippen molar-refractivity contribution in [2.75, 3.05) is 26.1 Å². The minimum absolute atomic E-state index is 0.0346. The first-order valence-corrected chi connectivity index (χ1v) is 8.50. The normalized spacial score (nSPS) is 10.0. The Morgan fingerprint density at radius 3 is 2.17 bits per heavy atom. The highest BCUT2D eigenvalue weighted by atomic mass is 19.1. The van der Waals surface area contributed by atoms with Crippen LogP contribution >= 0.6 is 0 Å². The maximum Gasteiger partial charge on any atom is 0.339 e. The number of rotatable bonds is 6. The van der Waals surface area contributed by atoms with Gasteiger partial charge in [-0.25, -0.2) is 14.0 Å². The summed E-state index contributed by atoms with van der Waals surface area (Å²) in [5.74, 6) is -3.77. The van der Waals surface area contributed by atoms with Crippen LogP contribution in [0, 0.1) is 5.82 Å². The van der Waals surface area contributed by atoms with E-state index in [1.54, 1.807) is 12.1 Å². The van der Waals surface area contributed by atoms with Gasteiger partial charge in [0.15, 0.2) is 0 Å². The molecule has 0 fully saturated rings. The molecule has 0 aliphatic heterocycles. The largest absolute Gasteiger partial charge is 0.465 e. The van der Waals surface area contributed by atoms with Gasteiger partial charge < -0.3 is 20.1 Å². The third kappa shape index (κ3) is 5.86. The smallest absolute Gasteiger partial charge is 0.339 e. The number of hydrogen-bond acceptors (Lipinski definition) is 6. The molecule has 0 aliphatic rings. The average Bonchev–Trinajstić information content (AvgIpc) is 2.73. The Kier molecular flexibility index (Phi) is 7.41. The molecular formula is C20H19FN2O6. The molecule has 2 rings (SSSR count). The zero-order valence-corrected chi connectivity index (χ0v) is 15.8. The first kappa shape index (κ1) is 21.5. The molecule has 0 unspecified atom stereocenters. The van der Waals surface area contributed by atoms with Crippen molar-refractivity contribution in [3.05, 3.63) is 65.0 Å². The molecule has 0 aliphatic carbocycles. The van der Waals surface area contributed by atoms with Gasteiger partial charge in [0.1, 0.15) is 5.82 Å². The number of carbonyl (C=O) groups is 4. The van der Waals surface area contributed by atoms with E-state index in [0.29, 0.717) is 6.42 Å². The first-order valence-electron chi connectivity index (χ1n) is 8.50. The summed E-state index contributed by atoms with van der Waals surface area (Å²) >= 11 is 0. The third-order valence-electron chi connectivity index (χ3n) is 3.91. The third-order valence-corrected chi connectivity index (χ3v) is 3.91. The first-order chi connectivity index (χ1) is 13.8. The molecule has 0 saturated heterocycles. The van der Waals surface area contributed by atoms with E-state index in [1.807, 2.05) is 0 Å². The second-order valence-electron chi connectivity index (χ2n) is 5.83. The number of esters is 2. The Balaban J connectivity index is 2.05. The van der Waals surface area contributed by atoms with Crippen LogP contribution in [-0.2, 0) is 25.5 Å². The summed E-state index contributed by atoms with van der Waals surface area (Å²) in [4.78, 5) is 47.8. The van der Waals surface area contributed by atoms with Gasteiger partial charge in [0.25, 0.3) is 0 Å². The van der Waals surface area contributed by atoms with E-state index < -0.39 is 23.8 Å². The van der Waals surface area contributed by atoms with Gasteiger partial charge in [0.05, 0.1) is 31.0 Å². The maximum atomic E-state index is 12.9. The molecule has 0 atom stereocenters. The van der Waals surface area contributed by atoms with Gasteiger partial charge >= 0.3 is 23.8 Å². The van der Waals surface area contributed by atoms with Gasteiger partial charge in [0.2, 0.25) is 0 Å². The van der Waals surface area contributed by atoms with Gasteiger partial charge in [-0.3, -0.25) is 9.59 Å². The number of methoxy groups -OCH3 is 2. The molecule has 152 valence electrons. The Labute approximate surface area is 166 Å². The standard InChI is InChI=1S/C20H19FN2O6/c1-28-19(26)13-5-8-15(20(27)29-2)16(11-13)23-18(25)17(24)22-10-9-12-3-6-14(21)7-4-12/h3-8,11H,9-10H2,1-2H3,(H,22,24)(H,23,25). The fourth-order valence-corrected chi connectivity index (χ4v) is 2.41. The SMILES string of the molecule is COC(=O)c1ccc(C(=O)OC)c(NC(=O)C(=O)NCCc2ccc(F)cc2)c1. The molecule has 0 bridgehead atoms. The highest BCUT2D eigenvalue weighted by Gasteiger charge is 2.20. The van der Waals surface area contributed by atoms with Crippen LogP contribution in [0.1, 0.15) is 26.3 Å². The highest BCUT2D eigenvalue weighted by Crippen LogP contribution is 2.19. The van der Waals surface area contributed by atoms with E-state index in [4.69, 9.17) is 0 Å². The van der Waals surface area contributed by atoms with E-state index >= 15 is 0 Å². The molecule has 0 aromatic heterocycles. The molecule has 8 nitrogen and oxygen atoms in total. The van der Waals surface area contributed by atoms with Crippen LogP contribution < -0.4 is 10.6 Å². The lowest BCUT2D eigenvalue weighted by Gasteiger charge is -2.11. The Morgan fingerprint density at radius 1 is 0.897 bits per heavy atom. The lowest BCUT2D eigenvalue weighted by Crippen LogP contribution is -2.36. The summed E-state index contributed by atoms with van der Waals surface area (Å²) in [5, 5.41) is 4.72. The molecule has 29 heavy (non-hydrogen) atoms. The monoisotopic (exact) mass is 402 g/mol. The number of anilines is 1. The van der Waals surface area contributed by atoms with Gasteiger partial charge in [-0.05, 0) is 42.3 Å². The number of hydrogen-bond donors (Lipinski definition) is 2. The number of benzene rings is 2. The Hall–Kier alpha value is -3.75. The molecular weight excluding hydrogens is 383 g/mol. The summed E-state index contributed by atoms with van der Waals surface area (Å²) in [6, 6.07) is 9.56. The van der Waals surface area contributed by atoms with Gasteiger partial charge in [0, 0.05) is 6.54 Å². The second-order valence-corrected chi connectivity index (χ2v) is 5.83. The quantitative estimate of drug-likeness (QED) is 0.562. The average molecular weight is 402 g/mol. The summed E-state index contributed by atoms with van der Waals surface area (Å²) in [7, 11) is 2.34. The molecule has 0 radical (unpaired) electrons. The van der Waals surface area contributed by atoms with Crippen LogP contribution in [0.25, 0.3) is 0 Å². The van der Waals surface area contributed by atoms with E-state index in [-0.39, 0.29) is 29.2 Å². The number of carbonyl (C=O) groups excluding carboxylic acids is 4. The number of amides is 2. The zero-order chi connectivity index (χ0) is 21.4. The minimum atomic E-state index is -1.03. The molecule has 2 aromatic carbocycles. The van der Waals surface area contributed by atoms with Crippen LogP contribution in [0.2, 0.25) is 0 Å². The van der Waals surface area contributed by atoms with Crippen molar-refractivity contribution in [1.29, 1.82) is 0 Å². The summed E-state index contributed by atoms with van der Waals surface area (Å²) in [5.41, 5.74) is 0.754. The maximum absolute atomic E-state index is 12.9. The fraction of sp³-hybridized carbons (Fsp3) is 0.200. The highest BCUT2D eigenvalue weighted by molar-refractivity contribution is 6.40. The lowest BCUT2D eigenvalue weighted by molar-refractivity contribution is -0.136. The number of nitrogens with one attached hydrogen (secondary N) is 2. The van der Waals surface area contributed by atoms with Crippen molar-refractivity contribution in [1.82, 2.24) is 5.32 Å². The molecule has 0 heterocycles. The Bertz CT molecular complexity index is 927. The lowest BCUT2D eigenvalue weighted by atomic mass is 10.1. The Morgan fingerprint density at radius 2 is 1.55 bits per heavy atom. The predicted octanol–water partition coefficient (Wildman–Crippen LogP) is 1.70. The van der Waals surface area contributed by atoms with Gasteiger partial charge in [-0.15, -0.1) is 0 Å². The van der Waals surface area contributed by atoms with E-state index in [0.717, 1.165) is 12.7 Å². The van der Waals surface area contributed by atoms with Crippen LogP contribution in [0.3, 0.4) is 0 Å². The fourth-order valence-electron chi connectivity index (χ4n) is 2.41. The molecule has 9 heteroatoms.